The monoisotopic (exact) mass is 490 g/mol. The molecule has 1 aliphatic rings. The Bertz CT molecular complexity index is 1500. The highest BCUT2D eigenvalue weighted by atomic mass is 15.2. The third-order valence-electron chi connectivity index (χ3n) is 7.47. The topological polar surface area (TPSA) is 71.0 Å². The second-order valence-corrected chi connectivity index (χ2v) is 10.1. The van der Waals surface area contributed by atoms with E-state index in [-0.39, 0.29) is 0 Å². The van der Waals surface area contributed by atoms with Crippen LogP contribution < -0.4 is 5.32 Å². The molecule has 0 spiro atoms. The van der Waals surface area contributed by atoms with E-state index in [1.807, 2.05) is 13.1 Å². The lowest BCUT2D eigenvalue weighted by molar-refractivity contribution is 0.148. The molecule has 0 atom stereocenters. The van der Waals surface area contributed by atoms with E-state index in [9.17, 15) is 5.26 Å². The fourth-order valence-corrected chi connectivity index (χ4v) is 5.06. The van der Waals surface area contributed by atoms with Crippen LogP contribution in [0.25, 0.3) is 23.1 Å². The third kappa shape index (κ3) is 5.29. The van der Waals surface area contributed by atoms with E-state index in [2.05, 4.69) is 101 Å². The predicted molar refractivity (Wildman–Crippen MR) is 153 cm³/mol. The first-order valence-electron chi connectivity index (χ1n) is 12.8. The fraction of sp³-hybridized carbons (Fsp3) is 0.290. The van der Waals surface area contributed by atoms with Crippen LogP contribution in [0.15, 0.2) is 48.8 Å². The Morgan fingerprint density at radius 3 is 2.62 bits per heavy atom. The molecule has 0 amide bonds. The molecule has 1 fully saturated rings. The summed E-state index contributed by atoms with van der Waals surface area (Å²) in [5.41, 5.74) is 10.1. The second kappa shape index (κ2) is 10.6. The first kappa shape index (κ1) is 24.8. The van der Waals surface area contributed by atoms with Crippen LogP contribution in [0.4, 0.5) is 11.4 Å². The van der Waals surface area contributed by atoms with Gasteiger partial charge in [0.1, 0.15) is 6.07 Å². The number of anilines is 2. The molecule has 2 aromatic carbocycles. The van der Waals surface area contributed by atoms with Gasteiger partial charge in [-0.05, 0) is 68.3 Å². The molecule has 6 nitrogen and oxygen atoms in total. The largest absolute Gasteiger partial charge is 0.361 e. The summed E-state index contributed by atoms with van der Waals surface area (Å²) >= 11 is 0. The summed E-state index contributed by atoms with van der Waals surface area (Å²) < 4.78 is 0. The molecule has 4 aromatic rings. The van der Waals surface area contributed by atoms with Gasteiger partial charge in [-0.1, -0.05) is 30.4 Å². The van der Waals surface area contributed by atoms with Crippen molar-refractivity contribution in [3.63, 3.8) is 0 Å². The quantitative estimate of drug-likeness (QED) is 0.346. The molecule has 37 heavy (non-hydrogen) atoms. The fourth-order valence-electron chi connectivity index (χ4n) is 5.06. The highest BCUT2D eigenvalue weighted by Gasteiger charge is 2.15. The van der Waals surface area contributed by atoms with Crippen molar-refractivity contribution in [2.24, 2.45) is 0 Å². The van der Waals surface area contributed by atoms with E-state index in [1.165, 1.54) is 22.1 Å². The average molecular weight is 491 g/mol. The van der Waals surface area contributed by atoms with E-state index < -0.39 is 0 Å². The smallest absolute Gasteiger partial charge is 0.103 e. The van der Waals surface area contributed by atoms with Gasteiger partial charge in [-0.25, -0.2) is 0 Å². The first-order chi connectivity index (χ1) is 17.9. The van der Waals surface area contributed by atoms with Crippen molar-refractivity contribution >= 4 is 34.4 Å². The molecule has 2 N–H and O–H groups in total. The Morgan fingerprint density at radius 1 is 1.05 bits per heavy atom. The average Bonchev–Trinajstić information content (AvgIpc) is 3.38. The third-order valence-corrected chi connectivity index (χ3v) is 7.47. The summed E-state index contributed by atoms with van der Waals surface area (Å²) in [6.45, 7) is 11.7. The van der Waals surface area contributed by atoms with Crippen molar-refractivity contribution in [3.8, 4) is 6.07 Å². The number of H-pyrrole nitrogens is 1. The van der Waals surface area contributed by atoms with Crippen molar-refractivity contribution in [2.75, 3.05) is 38.5 Å². The Labute approximate surface area is 219 Å². The van der Waals surface area contributed by atoms with Crippen LogP contribution in [0.1, 0.15) is 39.1 Å². The van der Waals surface area contributed by atoms with E-state index in [1.54, 1.807) is 6.20 Å². The van der Waals surface area contributed by atoms with Gasteiger partial charge in [-0.15, -0.1) is 0 Å². The van der Waals surface area contributed by atoms with Crippen molar-refractivity contribution in [1.82, 2.24) is 19.8 Å². The molecule has 1 saturated heterocycles. The zero-order chi connectivity index (χ0) is 25.9. The van der Waals surface area contributed by atoms with Gasteiger partial charge in [0, 0.05) is 73.0 Å². The number of likely N-dealkylation sites (N-methyl/N-ethyl adjacent to an activating group) is 1. The zero-order valence-corrected chi connectivity index (χ0v) is 22.1. The lowest BCUT2D eigenvalue weighted by Crippen LogP contribution is -2.43. The highest BCUT2D eigenvalue weighted by molar-refractivity contribution is 5.90. The molecule has 3 heterocycles. The van der Waals surface area contributed by atoms with Crippen LogP contribution in [-0.2, 0) is 6.54 Å². The molecule has 188 valence electrons. The molecule has 5 rings (SSSR count). The van der Waals surface area contributed by atoms with E-state index in [0.29, 0.717) is 5.56 Å². The van der Waals surface area contributed by atoms with Crippen LogP contribution in [0.3, 0.4) is 0 Å². The van der Waals surface area contributed by atoms with Crippen molar-refractivity contribution < 1.29 is 0 Å². The Balaban J connectivity index is 1.42. The summed E-state index contributed by atoms with van der Waals surface area (Å²) in [4.78, 5) is 12.7. The molecule has 1 aliphatic heterocycles. The molecule has 0 radical (unpaired) electrons. The summed E-state index contributed by atoms with van der Waals surface area (Å²) in [6, 6.07) is 15.2. The van der Waals surface area contributed by atoms with Gasteiger partial charge in [0.2, 0.25) is 0 Å². The van der Waals surface area contributed by atoms with Crippen LogP contribution in [0.2, 0.25) is 0 Å². The summed E-state index contributed by atoms with van der Waals surface area (Å²) in [7, 11) is 2.19. The van der Waals surface area contributed by atoms with Crippen LogP contribution in [0, 0.1) is 32.1 Å². The van der Waals surface area contributed by atoms with Gasteiger partial charge >= 0.3 is 0 Å². The molecular formula is C31H34N6. The molecule has 0 saturated carbocycles. The first-order valence-corrected chi connectivity index (χ1v) is 12.8. The number of piperazine rings is 1. The Hall–Kier alpha value is -3.92. The molecule has 0 aliphatic carbocycles. The number of nitriles is 1. The number of benzene rings is 2. The Morgan fingerprint density at radius 2 is 1.86 bits per heavy atom. The number of hydrogen-bond donors (Lipinski definition) is 2. The number of nitrogens with zero attached hydrogens (tertiary/aromatic N) is 4. The minimum absolute atomic E-state index is 0.526. The number of aromatic amines is 1. The minimum Gasteiger partial charge on any atom is -0.361 e. The van der Waals surface area contributed by atoms with E-state index >= 15 is 0 Å². The Kier molecular flexibility index (Phi) is 7.09. The van der Waals surface area contributed by atoms with Gasteiger partial charge < -0.3 is 15.2 Å². The molecular weight excluding hydrogens is 456 g/mol. The standard InChI is InChI=1S/C31H34N6/c1-21-17-24(20-37-15-13-36(4)14-16-37)5-6-25(21)7-8-28-23(3)34-19-26(18-32)31(28)35-29-9-10-30-27(22(29)2)11-12-33-30/h5-12,17,19,33H,13-16,20H2,1-4H3,(H,34,35)/b8-7+. The summed E-state index contributed by atoms with van der Waals surface area (Å²) in [6.07, 6.45) is 7.81. The predicted octanol–water partition coefficient (Wildman–Crippen LogP) is 6.02. The summed E-state index contributed by atoms with van der Waals surface area (Å²) in [5.74, 6) is 0. The maximum atomic E-state index is 9.86. The number of aryl methyl sites for hydroxylation is 3. The van der Waals surface area contributed by atoms with Crippen LogP contribution in [0.5, 0.6) is 0 Å². The normalized spacial score (nSPS) is 14.9. The van der Waals surface area contributed by atoms with Gasteiger partial charge in [-0.2, -0.15) is 5.26 Å². The number of rotatable bonds is 6. The zero-order valence-electron chi connectivity index (χ0n) is 22.1. The van der Waals surface area contributed by atoms with Crippen LogP contribution in [-0.4, -0.2) is 53.0 Å². The van der Waals surface area contributed by atoms with Crippen LogP contribution >= 0.6 is 0 Å². The molecule has 0 unspecified atom stereocenters. The maximum absolute atomic E-state index is 9.86. The van der Waals surface area contributed by atoms with E-state index in [4.69, 9.17) is 0 Å². The van der Waals surface area contributed by atoms with Gasteiger partial charge in [0.25, 0.3) is 0 Å². The second-order valence-electron chi connectivity index (χ2n) is 10.1. The maximum Gasteiger partial charge on any atom is 0.103 e. The van der Waals surface area contributed by atoms with Crippen molar-refractivity contribution in [1.29, 1.82) is 5.26 Å². The van der Waals surface area contributed by atoms with Gasteiger partial charge in [-0.3, -0.25) is 9.88 Å². The lowest BCUT2D eigenvalue weighted by Gasteiger charge is -2.32. The van der Waals surface area contributed by atoms with Gasteiger partial charge in [0.15, 0.2) is 0 Å². The number of hydrogen-bond acceptors (Lipinski definition) is 5. The minimum atomic E-state index is 0.526. The summed E-state index contributed by atoms with van der Waals surface area (Å²) in [5, 5.41) is 14.6. The van der Waals surface area contributed by atoms with Gasteiger partial charge in [0.05, 0.1) is 11.3 Å². The van der Waals surface area contributed by atoms with Crippen molar-refractivity contribution in [2.45, 2.75) is 27.3 Å². The highest BCUT2D eigenvalue weighted by Crippen LogP contribution is 2.32. The number of fused-ring (bicyclic) bond motifs is 1. The number of pyridine rings is 1. The van der Waals surface area contributed by atoms with Crippen molar-refractivity contribution in [3.05, 3.63) is 87.9 Å². The molecule has 6 heteroatoms. The number of aromatic nitrogens is 2. The van der Waals surface area contributed by atoms with E-state index in [0.717, 1.165) is 66.4 Å². The SMILES string of the molecule is Cc1cc(CN2CCN(C)CC2)ccc1/C=C/c1c(C)ncc(C#N)c1Nc1ccc2[nH]ccc2c1C. The lowest BCUT2D eigenvalue weighted by atomic mass is 10.0. The molecule has 2 aromatic heterocycles. The molecule has 0 bridgehead atoms. The number of nitrogens with one attached hydrogen (secondary N) is 2.